The third-order valence-corrected chi connectivity index (χ3v) is 3.86. The molecule has 0 aliphatic rings. The lowest BCUT2D eigenvalue weighted by Crippen LogP contribution is -2.10. The van der Waals surface area contributed by atoms with Gasteiger partial charge in [-0.3, -0.25) is 0 Å². The molecule has 106 valence electrons. The van der Waals surface area contributed by atoms with Gasteiger partial charge in [0.15, 0.2) is 0 Å². The van der Waals surface area contributed by atoms with Crippen molar-refractivity contribution in [2.75, 3.05) is 0 Å². The molecule has 0 fully saturated rings. The van der Waals surface area contributed by atoms with E-state index in [1.165, 1.54) is 11.1 Å². The van der Waals surface area contributed by atoms with Crippen LogP contribution in [0.5, 0.6) is 5.75 Å². The molecule has 0 aliphatic heterocycles. The van der Waals surface area contributed by atoms with Crippen molar-refractivity contribution in [3.8, 4) is 5.75 Å². The molecule has 0 atom stereocenters. The summed E-state index contributed by atoms with van der Waals surface area (Å²) >= 11 is 3.47. The predicted molar refractivity (Wildman–Crippen MR) is 88.4 cm³/mol. The first kappa shape index (κ1) is 15.1. The largest absolute Gasteiger partial charge is 0.489 e. The third kappa shape index (κ3) is 3.86. The van der Waals surface area contributed by atoms with E-state index in [1.807, 2.05) is 12.1 Å². The van der Waals surface area contributed by atoms with Gasteiger partial charge in [0.1, 0.15) is 12.4 Å². The molecule has 0 aromatic heterocycles. The van der Waals surface area contributed by atoms with Gasteiger partial charge in [-0.1, -0.05) is 67.0 Å². The summed E-state index contributed by atoms with van der Waals surface area (Å²) in [6.07, 6.45) is 0. The van der Waals surface area contributed by atoms with Crippen molar-refractivity contribution < 1.29 is 4.74 Å². The molecule has 1 nitrogen and oxygen atoms in total. The van der Waals surface area contributed by atoms with Crippen molar-refractivity contribution in [3.05, 3.63) is 63.6 Å². The lowest BCUT2D eigenvalue weighted by Gasteiger charge is -2.19. The molecule has 2 heteroatoms. The Balaban J connectivity index is 2.06. The highest BCUT2D eigenvalue weighted by molar-refractivity contribution is 9.10. The molecule has 0 N–H and O–H groups in total. The summed E-state index contributed by atoms with van der Waals surface area (Å²) in [5.74, 6) is 0.930. The summed E-state index contributed by atoms with van der Waals surface area (Å²) in [6.45, 7) is 9.34. The Morgan fingerprint density at radius 1 is 1.00 bits per heavy atom. The first-order valence-corrected chi connectivity index (χ1v) is 7.64. The van der Waals surface area contributed by atoms with Crippen molar-refractivity contribution in [2.24, 2.45) is 0 Å². The highest BCUT2D eigenvalue weighted by Gasteiger charge is 2.12. The zero-order chi connectivity index (χ0) is 14.8. The van der Waals surface area contributed by atoms with E-state index >= 15 is 0 Å². The Morgan fingerprint density at radius 2 is 1.65 bits per heavy atom. The molecule has 0 saturated heterocycles. The van der Waals surface area contributed by atoms with Crippen LogP contribution in [-0.4, -0.2) is 0 Å². The molecule has 0 saturated carbocycles. The molecule has 20 heavy (non-hydrogen) atoms. The van der Waals surface area contributed by atoms with Gasteiger partial charge in [-0.2, -0.15) is 0 Å². The molecule has 2 rings (SSSR count). The lowest BCUT2D eigenvalue weighted by molar-refractivity contribution is 0.304. The van der Waals surface area contributed by atoms with Crippen LogP contribution >= 0.6 is 15.9 Å². The molecule has 2 aromatic carbocycles. The minimum Gasteiger partial charge on any atom is -0.489 e. The standard InChI is InChI=1S/C18H21BrO/c1-13-5-10-16(19)11-17(13)20-12-14-6-8-15(9-7-14)18(2,3)4/h5-11H,12H2,1-4H3. The highest BCUT2D eigenvalue weighted by atomic mass is 79.9. The molecular formula is C18H21BrO. The average molecular weight is 333 g/mol. The van der Waals surface area contributed by atoms with Gasteiger partial charge in [-0.05, 0) is 41.2 Å². The first-order valence-electron chi connectivity index (χ1n) is 6.84. The molecule has 0 bridgehead atoms. The maximum Gasteiger partial charge on any atom is 0.123 e. The number of rotatable bonds is 3. The van der Waals surface area contributed by atoms with E-state index < -0.39 is 0 Å². The van der Waals surface area contributed by atoms with Crippen LogP contribution in [0.15, 0.2) is 46.9 Å². The van der Waals surface area contributed by atoms with Crippen molar-refractivity contribution >= 4 is 15.9 Å². The Bertz CT molecular complexity index is 579. The maximum absolute atomic E-state index is 5.90. The van der Waals surface area contributed by atoms with Crippen LogP contribution in [0.3, 0.4) is 0 Å². The van der Waals surface area contributed by atoms with E-state index in [4.69, 9.17) is 4.74 Å². The average Bonchev–Trinajstić information content (AvgIpc) is 2.39. The number of ether oxygens (including phenoxy) is 1. The van der Waals surface area contributed by atoms with Crippen LogP contribution in [0.25, 0.3) is 0 Å². The third-order valence-electron chi connectivity index (χ3n) is 3.36. The van der Waals surface area contributed by atoms with E-state index in [2.05, 4.69) is 74.0 Å². The van der Waals surface area contributed by atoms with E-state index in [-0.39, 0.29) is 5.41 Å². The van der Waals surface area contributed by atoms with Gasteiger partial charge in [-0.25, -0.2) is 0 Å². The summed E-state index contributed by atoms with van der Waals surface area (Å²) in [5.41, 5.74) is 3.89. The van der Waals surface area contributed by atoms with Crippen molar-refractivity contribution in [1.82, 2.24) is 0 Å². The van der Waals surface area contributed by atoms with E-state index in [1.54, 1.807) is 0 Å². The summed E-state index contributed by atoms with van der Waals surface area (Å²) in [5, 5.41) is 0. The van der Waals surface area contributed by atoms with E-state index in [9.17, 15) is 0 Å². The maximum atomic E-state index is 5.90. The Labute approximate surface area is 130 Å². The van der Waals surface area contributed by atoms with Gasteiger partial charge in [0.2, 0.25) is 0 Å². The van der Waals surface area contributed by atoms with Gasteiger partial charge >= 0.3 is 0 Å². The Hall–Kier alpha value is -1.28. The van der Waals surface area contributed by atoms with Gasteiger partial charge in [0.25, 0.3) is 0 Å². The molecule has 2 aromatic rings. The molecule has 0 unspecified atom stereocenters. The topological polar surface area (TPSA) is 9.23 Å². The summed E-state index contributed by atoms with van der Waals surface area (Å²) in [4.78, 5) is 0. The fourth-order valence-corrected chi connectivity index (χ4v) is 2.33. The number of hydrogen-bond donors (Lipinski definition) is 0. The Kier molecular flexibility index (Phi) is 4.54. The van der Waals surface area contributed by atoms with Crippen molar-refractivity contribution in [2.45, 2.75) is 39.7 Å². The van der Waals surface area contributed by atoms with Crippen LogP contribution in [0.4, 0.5) is 0 Å². The fraction of sp³-hybridized carbons (Fsp3) is 0.333. The van der Waals surface area contributed by atoms with Gasteiger partial charge in [-0.15, -0.1) is 0 Å². The second-order valence-corrected chi connectivity index (χ2v) is 7.06. The molecule has 0 amide bonds. The van der Waals surface area contributed by atoms with Crippen LogP contribution in [-0.2, 0) is 12.0 Å². The molecular weight excluding hydrogens is 312 g/mol. The van der Waals surface area contributed by atoms with Crippen LogP contribution in [0.2, 0.25) is 0 Å². The number of benzene rings is 2. The number of hydrogen-bond acceptors (Lipinski definition) is 1. The van der Waals surface area contributed by atoms with Crippen molar-refractivity contribution in [1.29, 1.82) is 0 Å². The normalized spacial score (nSPS) is 11.4. The molecule has 0 radical (unpaired) electrons. The first-order chi connectivity index (χ1) is 9.36. The van der Waals surface area contributed by atoms with Crippen LogP contribution < -0.4 is 4.74 Å². The quantitative estimate of drug-likeness (QED) is 0.707. The van der Waals surface area contributed by atoms with Crippen LogP contribution in [0, 0.1) is 6.92 Å². The van der Waals surface area contributed by atoms with E-state index in [0.717, 1.165) is 15.8 Å². The number of halogens is 1. The van der Waals surface area contributed by atoms with Crippen LogP contribution in [0.1, 0.15) is 37.5 Å². The Morgan fingerprint density at radius 3 is 2.25 bits per heavy atom. The van der Waals surface area contributed by atoms with Gasteiger partial charge in [0.05, 0.1) is 0 Å². The van der Waals surface area contributed by atoms with Gasteiger partial charge in [0, 0.05) is 4.47 Å². The minimum atomic E-state index is 0.195. The highest BCUT2D eigenvalue weighted by Crippen LogP contribution is 2.25. The molecule has 0 spiro atoms. The summed E-state index contributed by atoms with van der Waals surface area (Å²) in [7, 11) is 0. The smallest absolute Gasteiger partial charge is 0.123 e. The molecule has 0 aliphatic carbocycles. The monoisotopic (exact) mass is 332 g/mol. The molecule has 0 heterocycles. The number of aryl methyl sites for hydroxylation is 1. The second kappa shape index (κ2) is 6.01. The predicted octanol–water partition coefficient (Wildman–Crippen LogP) is 5.63. The lowest BCUT2D eigenvalue weighted by atomic mass is 9.87. The van der Waals surface area contributed by atoms with Gasteiger partial charge < -0.3 is 4.74 Å². The summed E-state index contributed by atoms with van der Waals surface area (Å²) < 4.78 is 6.94. The summed E-state index contributed by atoms with van der Waals surface area (Å²) in [6, 6.07) is 14.8. The fourth-order valence-electron chi connectivity index (χ4n) is 1.99. The zero-order valence-corrected chi connectivity index (χ0v) is 14.1. The SMILES string of the molecule is Cc1ccc(Br)cc1OCc1ccc(C(C)(C)C)cc1. The second-order valence-electron chi connectivity index (χ2n) is 6.15. The minimum absolute atomic E-state index is 0.195. The zero-order valence-electron chi connectivity index (χ0n) is 12.5. The van der Waals surface area contributed by atoms with Crippen molar-refractivity contribution in [3.63, 3.8) is 0 Å². The van der Waals surface area contributed by atoms with E-state index in [0.29, 0.717) is 6.61 Å².